The zero-order valence-electron chi connectivity index (χ0n) is 43.8. The standard InChI is InChI=1S/C45H76N4O31/c1-12(55)46-22-29(62)26(59)16(6-50)71-42(22)77-37-19(9-53)74-44(34(67)32(37)65)79-36-18(8-52)73-41(24(31(36)64)48-14(3)57)70-11-21-28(61)39(25(49-15(4)58)40(69-5)76-21)80-45-35(68)33(66)38(20(10-54)75-45)78-43-23(47-13(2)56)30(63)27(60)17(7-51)72-43/h16-45,50-54,59-68H,6-11H2,1-5H3,(H,46,55)(H,47,56)(H,48,57)(H,49,58)/t16-,17-,18-,19-,20-,21-,22-,23-,24-,25-,26-,27-,28+,29-,30-,31-,32-,33-,34-,35-,36-,37+,38+,39-,40+,41-,42-,43+,44+,45+/m1/s1. The lowest BCUT2D eigenvalue weighted by atomic mass is 9.94. The fourth-order valence-corrected chi connectivity index (χ4v) is 10.2. The van der Waals surface area contributed by atoms with Crippen LogP contribution >= 0.6 is 0 Å². The molecule has 0 radical (unpaired) electrons. The highest BCUT2D eigenvalue weighted by Gasteiger charge is 2.57. The smallest absolute Gasteiger partial charge is 0.217 e. The van der Waals surface area contributed by atoms with E-state index in [0.717, 1.165) is 34.8 Å². The van der Waals surface area contributed by atoms with Gasteiger partial charge in [0, 0.05) is 34.8 Å². The summed E-state index contributed by atoms with van der Waals surface area (Å²) in [6.45, 7) is -1.04. The zero-order valence-corrected chi connectivity index (χ0v) is 43.8. The van der Waals surface area contributed by atoms with Gasteiger partial charge in [0.05, 0.1) is 39.6 Å². The molecule has 6 rings (SSSR count). The number of nitrogens with one attached hydrogen (secondary N) is 4. The molecular weight excluding hydrogens is 1090 g/mol. The Morgan fingerprint density at radius 3 is 1.02 bits per heavy atom. The highest BCUT2D eigenvalue weighted by Crippen LogP contribution is 2.36. The van der Waals surface area contributed by atoms with E-state index in [0.29, 0.717) is 0 Å². The van der Waals surface area contributed by atoms with Crippen molar-refractivity contribution in [3.63, 3.8) is 0 Å². The van der Waals surface area contributed by atoms with Crippen LogP contribution in [-0.4, -0.2) is 331 Å². The Hall–Kier alpha value is -3.20. The second-order valence-corrected chi connectivity index (χ2v) is 20.0. The van der Waals surface area contributed by atoms with Crippen LogP contribution in [0.1, 0.15) is 27.7 Å². The van der Waals surface area contributed by atoms with Crippen molar-refractivity contribution in [2.45, 2.75) is 212 Å². The summed E-state index contributed by atoms with van der Waals surface area (Å²) in [4.78, 5) is 49.1. The maximum Gasteiger partial charge on any atom is 0.217 e. The Balaban J connectivity index is 1.16. The van der Waals surface area contributed by atoms with Gasteiger partial charge in [0.15, 0.2) is 37.7 Å². The van der Waals surface area contributed by atoms with Crippen LogP contribution in [0, 0.1) is 0 Å². The van der Waals surface area contributed by atoms with Gasteiger partial charge in [0.1, 0.15) is 146 Å². The lowest BCUT2D eigenvalue weighted by Gasteiger charge is -2.50. The van der Waals surface area contributed by atoms with Crippen LogP contribution in [0.25, 0.3) is 0 Å². The molecule has 35 heteroatoms. The van der Waals surface area contributed by atoms with Gasteiger partial charge in [-0.2, -0.15) is 0 Å². The molecule has 6 heterocycles. The minimum Gasteiger partial charge on any atom is -0.394 e. The third-order valence-corrected chi connectivity index (χ3v) is 14.2. The number of carbonyl (C=O) groups excluding carboxylic acids is 4. The van der Waals surface area contributed by atoms with E-state index < -0.39 is 247 Å². The van der Waals surface area contributed by atoms with Gasteiger partial charge >= 0.3 is 0 Å². The van der Waals surface area contributed by atoms with E-state index in [-0.39, 0.29) is 0 Å². The number of aliphatic hydroxyl groups is 15. The van der Waals surface area contributed by atoms with Crippen molar-refractivity contribution in [1.29, 1.82) is 0 Å². The van der Waals surface area contributed by atoms with E-state index in [2.05, 4.69) is 21.3 Å². The summed E-state index contributed by atoms with van der Waals surface area (Å²) >= 11 is 0. The monoisotopic (exact) mass is 1170 g/mol. The number of rotatable bonds is 21. The van der Waals surface area contributed by atoms with E-state index in [1.165, 1.54) is 0 Å². The highest BCUT2D eigenvalue weighted by atomic mass is 16.8. The van der Waals surface area contributed by atoms with Crippen molar-refractivity contribution in [2.24, 2.45) is 0 Å². The number of methoxy groups -OCH3 is 1. The Morgan fingerprint density at radius 1 is 0.338 bits per heavy atom. The van der Waals surface area contributed by atoms with Crippen LogP contribution in [0.4, 0.5) is 0 Å². The summed E-state index contributed by atoms with van der Waals surface area (Å²) in [6.07, 6.45) is -46.3. The van der Waals surface area contributed by atoms with Gasteiger partial charge < -0.3 is 155 Å². The van der Waals surface area contributed by atoms with E-state index in [1.807, 2.05) is 0 Å². The van der Waals surface area contributed by atoms with E-state index in [1.54, 1.807) is 0 Å². The van der Waals surface area contributed by atoms with Crippen molar-refractivity contribution in [2.75, 3.05) is 46.8 Å². The summed E-state index contributed by atoms with van der Waals surface area (Å²) < 4.78 is 69.7. The first-order valence-corrected chi connectivity index (χ1v) is 25.5. The van der Waals surface area contributed by atoms with Gasteiger partial charge in [-0.05, 0) is 0 Å². The molecule has 0 aliphatic carbocycles. The molecule has 35 nitrogen and oxygen atoms in total. The van der Waals surface area contributed by atoms with Crippen LogP contribution in [0.5, 0.6) is 0 Å². The molecule has 30 atom stereocenters. The Kier molecular flexibility index (Phi) is 24.0. The average molecular weight is 1170 g/mol. The molecule has 6 fully saturated rings. The molecule has 0 unspecified atom stereocenters. The topological polar surface area (TPSA) is 531 Å². The molecule has 19 N–H and O–H groups in total. The van der Waals surface area contributed by atoms with Gasteiger partial charge in [-0.25, -0.2) is 0 Å². The molecular formula is C45H76N4O31. The molecule has 0 spiro atoms. The first-order chi connectivity index (χ1) is 37.8. The van der Waals surface area contributed by atoms with Crippen molar-refractivity contribution in [3.8, 4) is 0 Å². The molecule has 0 bridgehead atoms. The number of hydrogen-bond acceptors (Lipinski definition) is 31. The highest BCUT2D eigenvalue weighted by molar-refractivity contribution is 5.74. The van der Waals surface area contributed by atoms with E-state index in [9.17, 15) is 95.8 Å². The van der Waals surface area contributed by atoms with Gasteiger partial charge in [-0.1, -0.05) is 0 Å². The fraction of sp³-hybridized carbons (Fsp3) is 0.911. The minimum atomic E-state index is -2.13. The van der Waals surface area contributed by atoms with Gasteiger partial charge in [0.2, 0.25) is 23.6 Å². The third kappa shape index (κ3) is 14.8. The first-order valence-electron chi connectivity index (χ1n) is 25.5. The molecule has 6 aliphatic rings. The van der Waals surface area contributed by atoms with E-state index in [4.69, 9.17) is 56.8 Å². The van der Waals surface area contributed by atoms with Crippen LogP contribution < -0.4 is 21.3 Å². The molecule has 4 amide bonds. The maximum atomic E-state index is 12.6. The van der Waals surface area contributed by atoms with Gasteiger partial charge in [0.25, 0.3) is 0 Å². The van der Waals surface area contributed by atoms with Crippen molar-refractivity contribution in [3.05, 3.63) is 0 Å². The summed E-state index contributed by atoms with van der Waals surface area (Å²) in [5.41, 5.74) is 0. The predicted octanol–water partition coefficient (Wildman–Crippen LogP) is -12.9. The van der Waals surface area contributed by atoms with Gasteiger partial charge in [-0.3, -0.25) is 19.2 Å². The first kappa shape index (κ1) is 65.9. The molecule has 0 saturated carbocycles. The Morgan fingerprint density at radius 2 is 0.650 bits per heavy atom. The molecule has 80 heavy (non-hydrogen) atoms. The Labute approximate surface area is 455 Å². The molecule has 0 aromatic heterocycles. The maximum absolute atomic E-state index is 12.6. The number of aliphatic hydroxyl groups excluding tert-OH is 15. The van der Waals surface area contributed by atoms with Crippen molar-refractivity contribution < 1.29 is 153 Å². The molecule has 6 saturated heterocycles. The molecule has 462 valence electrons. The second-order valence-electron chi connectivity index (χ2n) is 20.0. The largest absolute Gasteiger partial charge is 0.394 e. The summed E-state index contributed by atoms with van der Waals surface area (Å²) in [7, 11) is 1.14. The summed E-state index contributed by atoms with van der Waals surface area (Å²) in [6, 6.07) is -6.12. The molecule has 6 aliphatic heterocycles. The predicted molar refractivity (Wildman–Crippen MR) is 250 cm³/mol. The average Bonchev–Trinajstić information content (AvgIpc) is 3.47. The van der Waals surface area contributed by atoms with Crippen LogP contribution in [0.2, 0.25) is 0 Å². The van der Waals surface area contributed by atoms with Gasteiger partial charge in [-0.15, -0.1) is 0 Å². The number of hydrogen-bond donors (Lipinski definition) is 19. The van der Waals surface area contributed by atoms with Crippen LogP contribution in [0.3, 0.4) is 0 Å². The lowest BCUT2D eigenvalue weighted by Crippen LogP contribution is -2.70. The van der Waals surface area contributed by atoms with Crippen LogP contribution in [0.15, 0.2) is 0 Å². The van der Waals surface area contributed by atoms with Crippen LogP contribution in [-0.2, 0) is 76.0 Å². The summed E-state index contributed by atoms with van der Waals surface area (Å²) in [5, 5.41) is 172. The Bertz CT molecular complexity index is 2000. The zero-order chi connectivity index (χ0) is 59.2. The van der Waals surface area contributed by atoms with Crippen molar-refractivity contribution >= 4 is 23.6 Å². The molecule has 0 aromatic rings. The third-order valence-electron chi connectivity index (χ3n) is 14.2. The quantitative estimate of drug-likeness (QED) is 0.0507. The number of ether oxygens (including phenoxy) is 12. The van der Waals surface area contributed by atoms with Crippen molar-refractivity contribution in [1.82, 2.24) is 21.3 Å². The SMILES string of the molecule is CO[C@H]1O[C@H](CO[C@@H]2O[C@H](CO)[C@@H](O[C@@H]3O[C@H](CO)[C@H](O[C@H]4O[C@H](CO)[C@@H](O)[C@H](O)[C@H]4NC(C)=O)[C@H](O)[C@H]3O)[C@H](O)[C@H]2NC(C)=O)[C@H](O)[C@H](O[C@@H]2O[C@H](CO)[C@H](O[C@@H]3O[C@H](CO)[C@@H](O)[C@H](O)[C@H]3NC(C)=O)[C@H](O)[C@H]2O)[C@H]1NC(C)=O. The number of amides is 4. The lowest BCUT2D eigenvalue weighted by molar-refractivity contribution is -0.372. The number of carbonyl (C=O) groups is 4. The molecule has 0 aromatic carbocycles. The normalized spacial score (nSPS) is 46.2. The second kappa shape index (κ2) is 29.1. The van der Waals surface area contributed by atoms with E-state index >= 15 is 0 Å². The minimum absolute atomic E-state index is 0.710. The fourth-order valence-electron chi connectivity index (χ4n) is 10.2. The summed E-state index contributed by atoms with van der Waals surface area (Å²) in [5.74, 6) is -2.92.